The van der Waals surface area contributed by atoms with Crippen LogP contribution in [0.5, 0.6) is 0 Å². The zero-order valence-electron chi connectivity index (χ0n) is 15.9. The molecule has 3 heterocycles. The molecule has 0 spiro atoms. The van der Waals surface area contributed by atoms with Crippen LogP contribution in [0.4, 0.5) is 5.82 Å². The Labute approximate surface area is 159 Å². The second kappa shape index (κ2) is 7.39. The predicted molar refractivity (Wildman–Crippen MR) is 106 cm³/mol. The molecule has 6 nitrogen and oxygen atoms in total. The molecule has 1 aliphatic rings. The average Bonchev–Trinajstić information content (AvgIpc) is 3.35. The Morgan fingerprint density at radius 1 is 1.22 bits per heavy atom. The lowest BCUT2D eigenvalue weighted by molar-refractivity contribution is 0.0946. The fraction of sp³-hybridized carbons (Fsp3) is 0.381. The summed E-state index contributed by atoms with van der Waals surface area (Å²) in [6.07, 6.45) is 4.24. The highest BCUT2D eigenvalue weighted by atomic mass is 16.1. The van der Waals surface area contributed by atoms with E-state index in [-0.39, 0.29) is 11.8 Å². The van der Waals surface area contributed by atoms with Gasteiger partial charge in [0.15, 0.2) is 11.5 Å². The number of carbonyl (C=O) groups excluding carboxylic acids is 1. The van der Waals surface area contributed by atoms with Crippen molar-refractivity contribution in [1.82, 2.24) is 19.9 Å². The third kappa shape index (κ3) is 3.65. The number of carbonyl (C=O) groups is 1. The molecule has 1 saturated heterocycles. The fourth-order valence-corrected chi connectivity index (χ4v) is 3.60. The lowest BCUT2D eigenvalue weighted by Gasteiger charge is -2.17. The maximum Gasteiger partial charge on any atom is 0.271 e. The molecule has 4 rings (SSSR count). The summed E-state index contributed by atoms with van der Waals surface area (Å²) in [5, 5.41) is 7.51. The van der Waals surface area contributed by atoms with E-state index in [0.717, 1.165) is 30.1 Å². The molecule has 0 saturated carbocycles. The first kappa shape index (κ1) is 17.5. The Balaban J connectivity index is 1.53. The summed E-state index contributed by atoms with van der Waals surface area (Å²) >= 11 is 0. The molecule has 1 fully saturated rings. The van der Waals surface area contributed by atoms with Gasteiger partial charge in [-0.3, -0.25) is 4.79 Å². The topological polar surface area (TPSA) is 62.5 Å². The van der Waals surface area contributed by atoms with Crippen LogP contribution < -0.4 is 10.2 Å². The number of aromatic nitrogens is 3. The SMILES string of the molecule is Cc1cn2nc(C(=O)NCC(C)c3ccccc3)cc2c(N2CCCC2)n1. The van der Waals surface area contributed by atoms with Crippen LogP contribution in [0.25, 0.3) is 5.52 Å². The summed E-state index contributed by atoms with van der Waals surface area (Å²) in [7, 11) is 0. The van der Waals surface area contributed by atoms with Crippen LogP contribution in [0.1, 0.15) is 47.4 Å². The van der Waals surface area contributed by atoms with Crippen LogP contribution in [-0.4, -0.2) is 40.1 Å². The second-order valence-electron chi connectivity index (χ2n) is 7.28. The Morgan fingerprint density at radius 2 is 1.96 bits per heavy atom. The Hall–Kier alpha value is -2.89. The summed E-state index contributed by atoms with van der Waals surface area (Å²) in [4.78, 5) is 19.6. The van der Waals surface area contributed by atoms with Gasteiger partial charge in [0.2, 0.25) is 0 Å². The number of benzene rings is 1. The molecule has 1 atom stereocenters. The van der Waals surface area contributed by atoms with Crippen molar-refractivity contribution in [2.24, 2.45) is 0 Å². The zero-order chi connectivity index (χ0) is 18.8. The van der Waals surface area contributed by atoms with Gasteiger partial charge >= 0.3 is 0 Å². The van der Waals surface area contributed by atoms with Crippen molar-refractivity contribution < 1.29 is 4.79 Å². The Kier molecular flexibility index (Phi) is 4.79. The highest BCUT2D eigenvalue weighted by Crippen LogP contribution is 2.24. The van der Waals surface area contributed by atoms with Gasteiger partial charge in [-0.25, -0.2) is 9.50 Å². The molecule has 0 radical (unpaired) electrons. The van der Waals surface area contributed by atoms with Gasteiger partial charge < -0.3 is 10.2 Å². The van der Waals surface area contributed by atoms with Gasteiger partial charge in [-0.1, -0.05) is 37.3 Å². The van der Waals surface area contributed by atoms with Crippen molar-refractivity contribution in [2.45, 2.75) is 32.6 Å². The first-order chi connectivity index (χ1) is 13.1. The minimum absolute atomic E-state index is 0.147. The third-order valence-corrected chi connectivity index (χ3v) is 5.13. The molecule has 3 aromatic rings. The first-order valence-corrected chi connectivity index (χ1v) is 9.57. The molecular weight excluding hydrogens is 338 g/mol. The van der Waals surface area contributed by atoms with Gasteiger partial charge in [0.1, 0.15) is 5.52 Å². The Bertz CT molecular complexity index is 944. The second-order valence-corrected chi connectivity index (χ2v) is 7.28. The van der Waals surface area contributed by atoms with Crippen molar-refractivity contribution in [3.8, 4) is 0 Å². The standard InChI is InChI=1S/C21H25N5O/c1-15(17-8-4-3-5-9-17)13-22-21(27)18-12-19-20(25-10-6-7-11-25)23-16(2)14-26(19)24-18/h3-5,8-9,12,14-15H,6-7,10-11,13H2,1-2H3,(H,22,27). The molecule has 1 N–H and O–H groups in total. The molecule has 1 amide bonds. The van der Waals surface area contributed by atoms with Crippen molar-refractivity contribution >= 4 is 17.2 Å². The number of nitrogens with one attached hydrogen (secondary N) is 1. The van der Waals surface area contributed by atoms with E-state index in [9.17, 15) is 4.79 Å². The van der Waals surface area contributed by atoms with E-state index >= 15 is 0 Å². The number of aryl methyl sites for hydroxylation is 1. The van der Waals surface area contributed by atoms with Crippen LogP contribution in [0.15, 0.2) is 42.6 Å². The smallest absolute Gasteiger partial charge is 0.271 e. The number of fused-ring (bicyclic) bond motifs is 1. The van der Waals surface area contributed by atoms with Gasteiger partial charge in [-0.05, 0) is 31.2 Å². The predicted octanol–water partition coefficient (Wildman–Crippen LogP) is 3.17. The van der Waals surface area contributed by atoms with Crippen molar-refractivity contribution in [2.75, 3.05) is 24.5 Å². The van der Waals surface area contributed by atoms with Crippen LogP contribution in [0.2, 0.25) is 0 Å². The van der Waals surface area contributed by atoms with E-state index in [0.29, 0.717) is 12.2 Å². The monoisotopic (exact) mass is 363 g/mol. The van der Waals surface area contributed by atoms with Crippen LogP contribution in [0, 0.1) is 6.92 Å². The molecule has 0 aliphatic carbocycles. The minimum atomic E-state index is -0.147. The number of anilines is 1. The van der Waals surface area contributed by atoms with E-state index in [1.165, 1.54) is 18.4 Å². The number of hydrogen-bond donors (Lipinski definition) is 1. The van der Waals surface area contributed by atoms with E-state index in [2.05, 4.69) is 34.4 Å². The fourth-order valence-electron chi connectivity index (χ4n) is 3.60. The average molecular weight is 363 g/mol. The Morgan fingerprint density at radius 3 is 2.70 bits per heavy atom. The van der Waals surface area contributed by atoms with Crippen molar-refractivity contribution in [1.29, 1.82) is 0 Å². The zero-order valence-corrected chi connectivity index (χ0v) is 15.9. The molecule has 0 bridgehead atoms. The maximum absolute atomic E-state index is 12.6. The summed E-state index contributed by atoms with van der Waals surface area (Å²) in [5.41, 5.74) is 3.44. The highest BCUT2D eigenvalue weighted by Gasteiger charge is 2.20. The summed E-state index contributed by atoms with van der Waals surface area (Å²) in [5.74, 6) is 1.03. The lowest BCUT2D eigenvalue weighted by Crippen LogP contribution is -2.27. The lowest BCUT2D eigenvalue weighted by atomic mass is 10.0. The highest BCUT2D eigenvalue weighted by molar-refractivity contribution is 5.94. The van der Waals surface area contributed by atoms with E-state index in [4.69, 9.17) is 4.98 Å². The normalized spacial score (nSPS) is 15.3. The maximum atomic E-state index is 12.6. The molecule has 27 heavy (non-hydrogen) atoms. The van der Waals surface area contributed by atoms with Gasteiger partial charge in [-0.15, -0.1) is 0 Å². The number of nitrogens with zero attached hydrogens (tertiary/aromatic N) is 4. The van der Waals surface area contributed by atoms with Gasteiger partial charge in [-0.2, -0.15) is 5.10 Å². The van der Waals surface area contributed by atoms with Gasteiger partial charge in [0.05, 0.1) is 11.9 Å². The summed E-state index contributed by atoms with van der Waals surface area (Å²) in [6, 6.07) is 12.1. The molecule has 1 aliphatic heterocycles. The molecule has 2 aromatic heterocycles. The first-order valence-electron chi connectivity index (χ1n) is 9.57. The van der Waals surface area contributed by atoms with E-state index < -0.39 is 0 Å². The van der Waals surface area contributed by atoms with Gasteiger partial charge in [0, 0.05) is 25.7 Å². The van der Waals surface area contributed by atoms with Crippen LogP contribution in [-0.2, 0) is 0 Å². The largest absolute Gasteiger partial charge is 0.355 e. The molecule has 1 unspecified atom stereocenters. The van der Waals surface area contributed by atoms with Crippen molar-refractivity contribution in [3.05, 3.63) is 59.5 Å². The molecule has 1 aromatic carbocycles. The third-order valence-electron chi connectivity index (χ3n) is 5.13. The van der Waals surface area contributed by atoms with Gasteiger partial charge in [0.25, 0.3) is 5.91 Å². The van der Waals surface area contributed by atoms with Crippen LogP contribution in [0.3, 0.4) is 0 Å². The quantitative estimate of drug-likeness (QED) is 0.756. The van der Waals surface area contributed by atoms with Crippen molar-refractivity contribution in [3.63, 3.8) is 0 Å². The number of amides is 1. The minimum Gasteiger partial charge on any atom is -0.355 e. The van der Waals surface area contributed by atoms with Crippen LogP contribution >= 0.6 is 0 Å². The van der Waals surface area contributed by atoms with E-state index in [1.807, 2.05) is 37.4 Å². The molecule has 6 heteroatoms. The molecule has 140 valence electrons. The summed E-state index contributed by atoms with van der Waals surface area (Å²) < 4.78 is 1.78. The summed E-state index contributed by atoms with van der Waals surface area (Å²) in [6.45, 7) is 6.66. The number of hydrogen-bond acceptors (Lipinski definition) is 4. The van der Waals surface area contributed by atoms with E-state index in [1.54, 1.807) is 4.52 Å². The molecular formula is C21H25N5O. The number of rotatable bonds is 5.